The van der Waals surface area contributed by atoms with Gasteiger partial charge in [0.05, 0.1) is 18.7 Å². The number of hydrogen-bond donors (Lipinski definition) is 1. The lowest BCUT2D eigenvalue weighted by molar-refractivity contribution is -0.140. The smallest absolute Gasteiger partial charge is 0.245 e. The summed E-state index contributed by atoms with van der Waals surface area (Å²) < 4.78 is 5.24. The summed E-state index contributed by atoms with van der Waals surface area (Å²) in [7, 11) is 0. The quantitative estimate of drug-likeness (QED) is 0.116. The van der Waals surface area contributed by atoms with Gasteiger partial charge in [0.1, 0.15) is 0 Å². The van der Waals surface area contributed by atoms with E-state index in [9.17, 15) is 19.2 Å². The van der Waals surface area contributed by atoms with Crippen LogP contribution in [0.15, 0.2) is 23.5 Å². The minimum Gasteiger partial charge on any atom is -0.490 e. The van der Waals surface area contributed by atoms with Crippen LogP contribution in [0.4, 0.5) is 0 Å². The van der Waals surface area contributed by atoms with E-state index in [4.69, 9.17) is 16.3 Å². The van der Waals surface area contributed by atoms with Gasteiger partial charge in [-0.2, -0.15) is 0 Å². The molecule has 3 atom stereocenters. The van der Waals surface area contributed by atoms with Gasteiger partial charge >= 0.3 is 0 Å². The van der Waals surface area contributed by atoms with Crippen molar-refractivity contribution in [1.29, 1.82) is 0 Å². The molecule has 225 valence electrons. The van der Waals surface area contributed by atoms with E-state index in [1.807, 2.05) is 30.6 Å². The zero-order valence-corrected chi connectivity index (χ0v) is 25.9. The summed E-state index contributed by atoms with van der Waals surface area (Å²) in [5, 5.41) is 2.78. The Balaban J connectivity index is 2.05. The van der Waals surface area contributed by atoms with Crippen LogP contribution in [-0.4, -0.2) is 83.4 Å². The van der Waals surface area contributed by atoms with Gasteiger partial charge in [0.25, 0.3) is 0 Å². The summed E-state index contributed by atoms with van der Waals surface area (Å²) in [5.74, 6) is -1.08. The van der Waals surface area contributed by atoms with E-state index in [1.54, 1.807) is 6.92 Å². The second kappa shape index (κ2) is 16.4. The zero-order chi connectivity index (χ0) is 29.9. The Morgan fingerprint density at radius 2 is 1.73 bits per heavy atom. The molecule has 1 amide bonds. The Bertz CT molecular complexity index is 955. The molecule has 8 nitrogen and oxygen atoms in total. The van der Waals surface area contributed by atoms with E-state index in [0.717, 1.165) is 19.3 Å². The van der Waals surface area contributed by atoms with Crippen LogP contribution in [0.3, 0.4) is 0 Å². The number of carbonyl (C=O) groups is 4. The number of halogens is 1. The lowest BCUT2D eigenvalue weighted by Crippen LogP contribution is -2.57. The maximum Gasteiger partial charge on any atom is 0.245 e. The largest absolute Gasteiger partial charge is 0.490 e. The van der Waals surface area contributed by atoms with Crippen molar-refractivity contribution in [3.63, 3.8) is 0 Å². The number of alkyl halides is 1. The third kappa shape index (κ3) is 10.1. The summed E-state index contributed by atoms with van der Waals surface area (Å²) in [6.45, 7) is 15.3. The number of ketones is 3. The zero-order valence-electron chi connectivity index (χ0n) is 25.1. The molecule has 0 bridgehead atoms. The van der Waals surface area contributed by atoms with Crippen LogP contribution in [0.2, 0.25) is 0 Å². The van der Waals surface area contributed by atoms with Gasteiger partial charge in [-0.1, -0.05) is 73.1 Å². The average Bonchev–Trinajstić information content (AvgIpc) is 3.34. The van der Waals surface area contributed by atoms with E-state index in [2.05, 4.69) is 19.2 Å². The molecular formula is C31H49ClN3O5. The molecule has 2 aliphatic rings. The van der Waals surface area contributed by atoms with Crippen molar-refractivity contribution in [2.24, 2.45) is 5.41 Å². The molecule has 1 aliphatic heterocycles. The molecule has 1 aliphatic carbocycles. The minimum absolute atomic E-state index is 0.0564. The predicted molar refractivity (Wildman–Crippen MR) is 159 cm³/mol. The van der Waals surface area contributed by atoms with Crippen molar-refractivity contribution >= 4 is 34.9 Å². The number of amides is 1. The van der Waals surface area contributed by atoms with E-state index >= 15 is 0 Å². The highest BCUT2D eigenvalue weighted by molar-refractivity contribution is 6.21. The molecule has 0 aromatic carbocycles. The second-order valence-corrected chi connectivity index (χ2v) is 12.4. The second-order valence-electron chi connectivity index (χ2n) is 11.8. The van der Waals surface area contributed by atoms with Crippen LogP contribution in [0, 0.1) is 12.3 Å². The fourth-order valence-electron chi connectivity index (χ4n) is 5.01. The summed E-state index contributed by atoms with van der Waals surface area (Å²) in [6, 6.07) is -1.32. The minimum atomic E-state index is -0.987. The number of Topliss-reactive ketones (excluding diaryl/α,β-unsaturated/α-hetero) is 1. The molecule has 0 spiro atoms. The van der Waals surface area contributed by atoms with Crippen molar-refractivity contribution in [3.05, 3.63) is 30.4 Å². The lowest BCUT2D eigenvalue weighted by Gasteiger charge is -2.33. The first-order valence-electron chi connectivity index (χ1n) is 14.8. The van der Waals surface area contributed by atoms with Gasteiger partial charge in [-0.25, -0.2) is 0 Å². The molecule has 0 aromatic rings. The van der Waals surface area contributed by atoms with Crippen molar-refractivity contribution < 1.29 is 23.9 Å². The molecule has 3 unspecified atom stereocenters. The highest BCUT2D eigenvalue weighted by atomic mass is 35.5. The van der Waals surface area contributed by atoms with E-state index in [1.165, 1.54) is 37.8 Å². The van der Waals surface area contributed by atoms with Gasteiger partial charge in [0.15, 0.2) is 23.4 Å². The number of ether oxygens (including phenoxy) is 1. The standard InChI is InChI=1S/C31H49ClN3O5/c1-7-10-11-12-13-14-15-23(32)24(8-2)33-30(39)28(29(38)31(4,5)6)35-17-16-34(21-35)20-22-18-26(37)27(40-9-3)19-25(22)36/h18-19,23-24,28H,2,7-17,20-21H2,1,3-6H3,(H,33,39). The summed E-state index contributed by atoms with van der Waals surface area (Å²) in [6.07, 6.45) is 10.8. The molecule has 0 aromatic heterocycles. The lowest BCUT2D eigenvalue weighted by atomic mass is 9.85. The Kier molecular flexibility index (Phi) is 14.0. The average molecular weight is 579 g/mol. The summed E-state index contributed by atoms with van der Waals surface area (Å²) in [4.78, 5) is 55.9. The Labute approximate surface area is 245 Å². The number of allylic oxidation sites excluding steroid dienone is 2. The van der Waals surface area contributed by atoms with Crippen LogP contribution in [0.25, 0.3) is 0 Å². The molecule has 1 saturated heterocycles. The van der Waals surface area contributed by atoms with E-state index in [0.29, 0.717) is 38.4 Å². The highest BCUT2D eigenvalue weighted by Gasteiger charge is 2.42. The van der Waals surface area contributed by atoms with Gasteiger partial charge in [-0.15, -0.1) is 11.6 Å². The third-order valence-electron chi connectivity index (χ3n) is 7.42. The summed E-state index contributed by atoms with van der Waals surface area (Å²) >= 11 is 6.71. The maximum atomic E-state index is 13.6. The van der Waals surface area contributed by atoms with Crippen molar-refractivity contribution in [2.45, 2.75) is 103 Å². The third-order valence-corrected chi connectivity index (χ3v) is 7.94. The molecule has 2 rings (SSSR count). The number of nitrogens with zero attached hydrogens (tertiary/aromatic N) is 2. The van der Waals surface area contributed by atoms with Crippen LogP contribution in [0.5, 0.6) is 0 Å². The van der Waals surface area contributed by atoms with Gasteiger partial charge in [0, 0.05) is 42.7 Å². The Hall–Kier alpha value is -2.03. The van der Waals surface area contributed by atoms with Crippen LogP contribution < -0.4 is 5.32 Å². The first-order chi connectivity index (χ1) is 18.9. The topological polar surface area (TPSA) is 96.0 Å². The molecule has 1 N–H and O–H groups in total. The molecule has 40 heavy (non-hydrogen) atoms. The van der Waals surface area contributed by atoms with Crippen LogP contribution in [-0.2, 0) is 23.9 Å². The van der Waals surface area contributed by atoms with Crippen molar-refractivity contribution in [1.82, 2.24) is 15.1 Å². The number of unbranched alkanes of at least 4 members (excludes halogenated alkanes) is 5. The Morgan fingerprint density at radius 3 is 2.35 bits per heavy atom. The van der Waals surface area contributed by atoms with Crippen LogP contribution >= 0.6 is 11.6 Å². The van der Waals surface area contributed by atoms with E-state index in [-0.39, 0.29) is 47.0 Å². The van der Waals surface area contributed by atoms with E-state index < -0.39 is 11.5 Å². The molecule has 0 saturated carbocycles. The maximum absolute atomic E-state index is 13.6. The van der Waals surface area contributed by atoms with Gasteiger partial charge < -0.3 is 10.1 Å². The molecular weight excluding hydrogens is 530 g/mol. The number of nitrogens with one attached hydrogen (secondary N) is 1. The number of carbonyl (C=O) groups excluding carboxylic acids is 4. The van der Waals surface area contributed by atoms with Gasteiger partial charge in [-0.3, -0.25) is 29.0 Å². The molecule has 1 radical (unpaired) electrons. The fraction of sp³-hybridized carbons (Fsp3) is 0.710. The Morgan fingerprint density at radius 1 is 1.05 bits per heavy atom. The fourth-order valence-corrected chi connectivity index (χ4v) is 5.35. The summed E-state index contributed by atoms with van der Waals surface area (Å²) in [5.41, 5.74) is -0.363. The number of rotatable bonds is 17. The van der Waals surface area contributed by atoms with Crippen LogP contribution in [0.1, 0.15) is 86.0 Å². The van der Waals surface area contributed by atoms with Gasteiger partial charge in [0.2, 0.25) is 11.7 Å². The van der Waals surface area contributed by atoms with Crippen molar-refractivity contribution in [2.75, 3.05) is 32.9 Å². The highest BCUT2D eigenvalue weighted by Crippen LogP contribution is 2.24. The molecule has 9 heteroatoms. The first-order valence-corrected chi connectivity index (χ1v) is 15.2. The first kappa shape index (κ1) is 34.2. The molecule has 1 heterocycles. The SMILES string of the molecule is [CH2]CC(NC(=O)C(C(=O)C(C)(C)C)N1CCN(CC2=CC(=O)C(OCC)=CC2=O)C1)C(Cl)CCCCCCCC. The predicted octanol–water partition coefficient (Wildman–Crippen LogP) is 4.61. The van der Waals surface area contributed by atoms with Crippen molar-refractivity contribution in [3.8, 4) is 0 Å². The molecule has 1 fully saturated rings. The van der Waals surface area contributed by atoms with Gasteiger partial charge in [-0.05, 0) is 25.8 Å². The normalized spacial score (nSPS) is 19.2. The number of hydrogen-bond acceptors (Lipinski definition) is 7. The monoisotopic (exact) mass is 578 g/mol.